The van der Waals surface area contributed by atoms with Gasteiger partial charge in [-0.05, 0) is 36.8 Å². The highest BCUT2D eigenvalue weighted by Crippen LogP contribution is 2.24. The molecule has 0 saturated heterocycles. The van der Waals surface area contributed by atoms with Crippen LogP contribution in [0, 0.1) is 6.92 Å². The lowest BCUT2D eigenvalue weighted by Crippen LogP contribution is -2.16. The Kier molecular flexibility index (Phi) is 4.55. The summed E-state index contributed by atoms with van der Waals surface area (Å²) in [5.74, 6) is 6.72. The van der Waals surface area contributed by atoms with E-state index in [4.69, 9.17) is 5.84 Å². The van der Waals surface area contributed by atoms with E-state index in [-0.39, 0.29) is 11.7 Å². The third-order valence-electron chi connectivity index (χ3n) is 4.07. The Balaban J connectivity index is 1.45. The van der Waals surface area contributed by atoms with Crippen molar-refractivity contribution in [3.8, 4) is 11.5 Å². The molecule has 1 amide bonds. The summed E-state index contributed by atoms with van der Waals surface area (Å²) in [6, 6.07) is 17.6. The minimum atomic E-state index is -0.124. The minimum absolute atomic E-state index is 0.124. The second-order valence-electron chi connectivity index (χ2n) is 6.15. The van der Waals surface area contributed by atoms with Crippen LogP contribution >= 0.6 is 11.8 Å². The highest BCUT2D eigenvalue weighted by molar-refractivity contribution is 7.99. The number of para-hydroxylation sites is 1. The van der Waals surface area contributed by atoms with Crippen LogP contribution in [0.5, 0.6) is 0 Å². The fraction of sp³-hybridized carbons (Fsp3) is 0.105. The number of hydrogen-bond acceptors (Lipinski definition) is 5. The van der Waals surface area contributed by atoms with Crippen molar-refractivity contribution in [2.75, 3.05) is 16.9 Å². The topological polar surface area (TPSA) is 102 Å². The van der Waals surface area contributed by atoms with Crippen LogP contribution in [0.4, 0.5) is 5.69 Å². The Morgan fingerprint density at radius 2 is 2.04 bits per heavy atom. The number of H-pyrrole nitrogens is 1. The summed E-state index contributed by atoms with van der Waals surface area (Å²) in [6.45, 7) is 1.98. The van der Waals surface area contributed by atoms with E-state index in [9.17, 15) is 4.79 Å². The Hall–Kier alpha value is -3.26. The zero-order chi connectivity index (χ0) is 18.8. The summed E-state index contributed by atoms with van der Waals surface area (Å²) >= 11 is 1.24. The van der Waals surface area contributed by atoms with Gasteiger partial charge >= 0.3 is 0 Å². The molecular formula is C19H18N6OS. The van der Waals surface area contributed by atoms with Gasteiger partial charge in [-0.2, -0.15) is 0 Å². The van der Waals surface area contributed by atoms with Gasteiger partial charge in [-0.3, -0.25) is 4.79 Å². The molecule has 8 heteroatoms. The third kappa shape index (κ3) is 3.65. The molecule has 0 saturated carbocycles. The number of nitrogen functional groups attached to an aromatic ring is 1. The molecule has 0 aliphatic rings. The molecule has 27 heavy (non-hydrogen) atoms. The van der Waals surface area contributed by atoms with Crippen LogP contribution < -0.4 is 11.2 Å². The smallest absolute Gasteiger partial charge is 0.234 e. The van der Waals surface area contributed by atoms with Gasteiger partial charge in [0.1, 0.15) is 0 Å². The fourth-order valence-electron chi connectivity index (χ4n) is 2.80. The van der Waals surface area contributed by atoms with Crippen molar-refractivity contribution in [2.24, 2.45) is 0 Å². The summed E-state index contributed by atoms with van der Waals surface area (Å²) in [6.07, 6.45) is 0. The number of fused-ring (bicyclic) bond motifs is 1. The Bertz CT molecular complexity index is 1080. The van der Waals surface area contributed by atoms with Crippen molar-refractivity contribution in [1.82, 2.24) is 19.9 Å². The Morgan fingerprint density at radius 1 is 1.19 bits per heavy atom. The molecule has 0 aliphatic carbocycles. The van der Waals surface area contributed by atoms with Gasteiger partial charge in [-0.1, -0.05) is 42.1 Å². The van der Waals surface area contributed by atoms with Crippen molar-refractivity contribution < 1.29 is 4.79 Å². The number of aromatic amines is 1. The van der Waals surface area contributed by atoms with Gasteiger partial charge in [0.2, 0.25) is 11.1 Å². The van der Waals surface area contributed by atoms with Crippen LogP contribution in [0.25, 0.3) is 22.4 Å². The van der Waals surface area contributed by atoms with Crippen molar-refractivity contribution in [3.05, 3.63) is 60.2 Å². The molecule has 136 valence electrons. The molecule has 4 N–H and O–H groups in total. The molecule has 0 bridgehead atoms. The summed E-state index contributed by atoms with van der Waals surface area (Å²) in [7, 11) is 0. The molecule has 2 aromatic carbocycles. The van der Waals surface area contributed by atoms with Crippen LogP contribution in [-0.4, -0.2) is 31.5 Å². The second-order valence-corrected chi connectivity index (χ2v) is 7.10. The lowest BCUT2D eigenvalue weighted by molar-refractivity contribution is -0.113. The molecule has 4 aromatic rings. The summed E-state index contributed by atoms with van der Waals surface area (Å²) in [4.78, 5) is 15.4. The number of amides is 1. The Morgan fingerprint density at radius 3 is 2.85 bits per heavy atom. The quantitative estimate of drug-likeness (QED) is 0.366. The normalized spacial score (nSPS) is 11.0. The van der Waals surface area contributed by atoms with Crippen LogP contribution in [0.3, 0.4) is 0 Å². The summed E-state index contributed by atoms with van der Waals surface area (Å²) in [5.41, 5.74) is 3.64. The molecule has 2 aromatic heterocycles. The van der Waals surface area contributed by atoms with E-state index in [1.165, 1.54) is 16.4 Å². The maximum atomic E-state index is 12.2. The van der Waals surface area contributed by atoms with Crippen molar-refractivity contribution in [3.63, 3.8) is 0 Å². The van der Waals surface area contributed by atoms with Gasteiger partial charge in [0.05, 0.1) is 11.4 Å². The molecule has 0 radical (unpaired) electrons. The van der Waals surface area contributed by atoms with Gasteiger partial charge in [0.15, 0.2) is 5.82 Å². The number of carbonyl (C=O) groups is 1. The molecule has 2 heterocycles. The predicted octanol–water partition coefficient (Wildman–Crippen LogP) is 3.18. The molecule has 0 unspecified atom stereocenters. The van der Waals surface area contributed by atoms with E-state index in [0.717, 1.165) is 27.8 Å². The van der Waals surface area contributed by atoms with Gasteiger partial charge in [0, 0.05) is 16.6 Å². The number of nitrogens with zero attached hydrogens (tertiary/aromatic N) is 3. The third-order valence-corrected chi connectivity index (χ3v) is 5.01. The average molecular weight is 378 g/mol. The first-order valence-electron chi connectivity index (χ1n) is 8.38. The summed E-state index contributed by atoms with van der Waals surface area (Å²) < 4.78 is 1.40. The van der Waals surface area contributed by atoms with E-state index in [1.807, 2.05) is 61.5 Å². The van der Waals surface area contributed by atoms with E-state index in [0.29, 0.717) is 11.0 Å². The molecule has 4 rings (SSSR count). The number of aromatic nitrogens is 4. The van der Waals surface area contributed by atoms with Crippen LogP contribution in [-0.2, 0) is 4.79 Å². The minimum Gasteiger partial charge on any atom is -0.352 e. The number of rotatable bonds is 5. The van der Waals surface area contributed by atoms with Crippen LogP contribution in [0.15, 0.2) is 59.8 Å². The first-order chi connectivity index (χ1) is 13.1. The molecular weight excluding hydrogens is 360 g/mol. The standard InChI is InChI=1S/C19H18N6OS/c1-12-5-4-7-14(9-12)21-17(26)11-27-19-24-23-18(25(19)20)16-10-13-6-2-3-8-15(13)22-16/h2-10,22H,11,20H2,1H3,(H,21,26). The predicted molar refractivity (Wildman–Crippen MR) is 108 cm³/mol. The van der Waals surface area contributed by atoms with E-state index in [2.05, 4.69) is 20.5 Å². The molecule has 0 aliphatic heterocycles. The Labute approximate surface area is 160 Å². The largest absolute Gasteiger partial charge is 0.352 e. The van der Waals surface area contributed by atoms with Gasteiger partial charge in [-0.25, -0.2) is 4.68 Å². The summed E-state index contributed by atoms with van der Waals surface area (Å²) in [5, 5.41) is 12.7. The zero-order valence-electron chi connectivity index (χ0n) is 14.6. The lowest BCUT2D eigenvalue weighted by Gasteiger charge is -2.06. The van der Waals surface area contributed by atoms with Crippen molar-refractivity contribution in [2.45, 2.75) is 12.1 Å². The first kappa shape index (κ1) is 17.2. The van der Waals surface area contributed by atoms with Gasteiger partial charge in [0.25, 0.3) is 0 Å². The number of hydrogen-bond donors (Lipinski definition) is 3. The van der Waals surface area contributed by atoms with Crippen molar-refractivity contribution in [1.29, 1.82) is 0 Å². The maximum absolute atomic E-state index is 12.2. The highest BCUT2D eigenvalue weighted by atomic mass is 32.2. The molecule has 0 fully saturated rings. The number of thioether (sulfide) groups is 1. The van der Waals surface area contributed by atoms with Gasteiger partial charge in [-0.15, -0.1) is 10.2 Å². The number of nitrogens with one attached hydrogen (secondary N) is 2. The van der Waals surface area contributed by atoms with Crippen LogP contribution in [0.2, 0.25) is 0 Å². The number of aryl methyl sites for hydroxylation is 1. The number of nitrogens with two attached hydrogens (primary N) is 1. The highest BCUT2D eigenvalue weighted by Gasteiger charge is 2.15. The second kappa shape index (κ2) is 7.16. The van der Waals surface area contributed by atoms with Crippen molar-refractivity contribution >= 4 is 34.3 Å². The number of anilines is 1. The average Bonchev–Trinajstić information content (AvgIpc) is 3.23. The zero-order valence-corrected chi connectivity index (χ0v) is 15.5. The first-order valence-corrected chi connectivity index (χ1v) is 9.36. The molecule has 0 spiro atoms. The SMILES string of the molecule is Cc1cccc(NC(=O)CSc2nnc(-c3cc4ccccc4[nH]3)n2N)c1. The number of benzene rings is 2. The monoisotopic (exact) mass is 378 g/mol. The molecule has 0 atom stereocenters. The molecule has 7 nitrogen and oxygen atoms in total. The van der Waals surface area contributed by atoms with Crippen LogP contribution in [0.1, 0.15) is 5.56 Å². The van der Waals surface area contributed by atoms with E-state index >= 15 is 0 Å². The van der Waals surface area contributed by atoms with E-state index in [1.54, 1.807) is 0 Å². The van der Waals surface area contributed by atoms with E-state index < -0.39 is 0 Å². The number of carbonyl (C=O) groups excluding carboxylic acids is 1. The fourth-order valence-corrected chi connectivity index (χ4v) is 3.46. The maximum Gasteiger partial charge on any atom is 0.234 e. The van der Waals surface area contributed by atoms with Gasteiger partial charge < -0.3 is 16.1 Å². The lowest BCUT2D eigenvalue weighted by atomic mass is 10.2.